The van der Waals surface area contributed by atoms with Crippen LogP contribution >= 0.6 is 39.3 Å². The number of furan rings is 1. The highest BCUT2D eigenvalue weighted by molar-refractivity contribution is 9.10. The fourth-order valence-electron chi connectivity index (χ4n) is 2.24. The monoisotopic (exact) mass is 463 g/mol. The molecular formula is C20H15BrClNO3S. The first-order chi connectivity index (χ1) is 13.0. The van der Waals surface area contributed by atoms with Gasteiger partial charge in [0, 0.05) is 16.0 Å². The Kier molecular flexibility index (Phi) is 6.42. The highest BCUT2D eigenvalue weighted by atomic mass is 79.9. The minimum Gasteiger partial charge on any atom is -0.465 e. The number of benzene rings is 2. The molecule has 0 saturated carbocycles. The van der Waals surface area contributed by atoms with E-state index < -0.39 is 5.97 Å². The molecule has 0 atom stereocenters. The van der Waals surface area contributed by atoms with Crippen molar-refractivity contribution < 1.29 is 13.9 Å². The van der Waals surface area contributed by atoms with Crippen molar-refractivity contribution in [3.05, 3.63) is 74.9 Å². The number of halogens is 2. The van der Waals surface area contributed by atoms with Gasteiger partial charge in [-0.1, -0.05) is 29.4 Å². The molecule has 0 N–H and O–H groups in total. The Hall–Kier alpha value is -2.02. The summed E-state index contributed by atoms with van der Waals surface area (Å²) in [6.07, 6.45) is 1.63. The van der Waals surface area contributed by atoms with Crippen LogP contribution in [0.25, 0.3) is 0 Å². The number of ether oxygens (including phenoxy) is 1. The van der Waals surface area contributed by atoms with Crippen molar-refractivity contribution in [2.45, 2.75) is 16.9 Å². The summed E-state index contributed by atoms with van der Waals surface area (Å²) in [6.45, 7) is 1.92. The molecule has 0 saturated heterocycles. The molecule has 0 aliphatic rings. The smallest absolute Gasteiger partial charge is 0.337 e. The molecule has 3 rings (SSSR count). The fourth-order valence-corrected chi connectivity index (χ4v) is 3.69. The van der Waals surface area contributed by atoms with Crippen LogP contribution < -0.4 is 0 Å². The molecule has 27 heavy (non-hydrogen) atoms. The third-order valence-electron chi connectivity index (χ3n) is 3.66. The SMILES string of the molecule is COC(=O)c1ccc(C)c(N=Cc2cc(Br)c(Sc3ccc(Cl)cc3)o2)c1. The fraction of sp³-hybridized carbons (Fsp3) is 0.100. The molecule has 7 heteroatoms. The van der Waals surface area contributed by atoms with Gasteiger partial charge < -0.3 is 9.15 Å². The van der Waals surface area contributed by atoms with E-state index in [2.05, 4.69) is 20.9 Å². The lowest BCUT2D eigenvalue weighted by molar-refractivity contribution is 0.0601. The van der Waals surface area contributed by atoms with Crippen LogP contribution in [0.5, 0.6) is 0 Å². The lowest BCUT2D eigenvalue weighted by Crippen LogP contribution is -2.00. The molecule has 0 aliphatic carbocycles. The van der Waals surface area contributed by atoms with E-state index in [-0.39, 0.29) is 0 Å². The summed E-state index contributed by atoms with van der Waals surface area (Å²) in [5, 5.41) is 1.41. The van der Waals surface area contributed by atoms with Gasteiger partial charge in [-0.25, -0.2) is 4.79 Å². The first-order valence-electron chi connectivity index (χ1n) is 7.92. The number of methoxy groups -OCH3 is 1. The predicted octanol–water partition coefficient (Wildman–Crippen LogP) is 6.69. The van der Waals surface area contributed by atoms with Crippen molar-refractivity contribution in [3.8, 4) is 0 Å². The number of rotatable bonds is 5. The van der Waals surface area contributed by atoms with Gasteiger partial charge in [0.05, 0.1) is 29.0 Å². The maximum Gasteiger partial charge on any atom is 0.337 e. The summed E-state index contributed by atoms with van der Waals surface area (Å²) < 4.78 is 11.4. The molecule has 1 heterocycles. The van der Waals surface area contributed by atoms with E-state index in [1.54, 1.807) is 18.3 Å². The van der Waals surface area contributed by atoms with Gasteiger partial charge in [0.15, 0.2) is 5.09 Å². The highest BCUT2D eigenvalue weighted by Gasteiger charge is 2.11. The molecule has 4 nitrogen and oxygen atoms in total. The summed E-state index contributed by atoms with van der Waals surface area (Å²) in [7, 11) is 1.35. The number of aliphatic imine (C=N–C) groups is 1. The molecule has 0 unspecified atom stereocenters. The van der Waals surface area contributed by atoms with Crippen LogP contribution in [0.1, 0.15) is 21.7 Å². The van der Waals surface area contributed by atoms with E-state index in [1.165, 1.54) is 18.9 Å². The third-order valence-corrected chi connectivity index (χ3v) is 5.76. The predicted molar refractivity (Wildman–Crippen MR) is 112 cm³/mol. The molecular weight excluding hydrogens is 450 g/mol. The molecule has 0 bridgehead atoms. The van der Waals surface area contributed by atoms with Crippen molar-refractivity contribution in [2.24, 2.45) is 4.99 Å². The topological polar surface area (TPSA) is 51.8 Å². The Morgan fingerprint density at radius 3 is 2.67 bits per heavy atom. The average molecular weight is 465 g/mol. The molecule has 0 radical (unpaired) electrons. The maximum atomic E-state index is 11.7. The zero-order valence-electron chi connectivity index (χ0n) is 14.5. The van der Waals surface area contributed by atoms with Crippen molar-refractivity contribution in [1.82, 2.24) is 0 Å². The molecule has 3 aromatic rings. The van der Waals surface area contributed by atoms with Crippen LogP contribution in [-0.2, 0) is 4.74 Å². The van der Waals surface area contributed by atoms with Crippen LogP contribution in [0.4, 0.5) is 5.69 Å². The third kappa shape index (κ3) is 5.03. The Morgan fingerprint density at radius 2 is 1.96 bits per heavy atom. The standard InChI is InChI=1S/C20H15BrClNO3S/c1-12-3-4-13(19(24)25-2)9-18(12)23-11-15-10-17(21)20(26-15)27-16-7-5-14(22)6-8-16/h3-11H,1-2H3. The van der Waals surface area contributed by atoms with E-state index in [9.17, 15) is 4.79 Å². The number of nitrogens with zero attached hydrogens (tertiary/aromatic N) is 1. The number of aryl methyl sites for hydroxylation is 1. The second-order valence-electron chi connectivity index (χ2n) is 5.59. The van der Waals surface area contributed by atoms with Crippen LogP contribution in [-0.4, -0.2) is 19.3 Å². The number of carbonyl (C=O) groups excluding carboxylic acids is 1. The average Bonchev–Trinajstić information content (AvgIpc) is 3.01. The molecule has 1 aromatic heterocycles. The Balaban J connectivity index is 1.80. The van der Waals surface area contributed by atoms with E-state index in [0.717, 1.165) is 20.0 Å². The summed E-state index contributed by atoms with van der Waals surface area (Å²) in [5.41, 5.74) is 2.08. The molecule has 138 valence electrons. The Morgan fingerprint density at radius 1 is 1.22 bits per heavy atom. The lowest BCUT2D eigenvalue weighted by Gasteiger charge is -2.03. The van der Waals surface area contributed by atoms with Crippen LogP contribution in [0.15, 0.2) is 72.4 Å². The summed E-state index contributed by atoms with van der Waals surface area (Å²) >= 11 is 10.9. The number of hydrogen-bond acceptors (Lipinski definition) is 5. The first-order valence-corrected chi connectivity index (χ1v) is 9.91. The van der Waals surface area contributed by atoms with E-state index in [1.807, 2.05) is 43.3 Å². The van der Waals surface area contributed by atoms with Crippen molar-refractivity contribution in [1.29, 1.82) is 0 Å². The Bertz CT molecular complexity index is 999. The van der Waals surface area contributed by atoms with Gasteiger partial charge in [0.25, 0.3) is 0 Å². The molecule has 2 aromatic carbocycles. The van der Waals surface area contributed by atoms with Gasteiger partial charge >= 0.3 is 5.97 Å². The van der Waals surface area contributed by atoms with Gasteiger partial charge in [-0.3, -0.25) is 4.99 Å². The van der Waals surface area contributed by atoms with Crippen molar-refractivity contribution in [3.63, 3.8) is 0 Å². The quantitative estimate of drug-likeness (QED) is 0.312. The second-order valence-corrected chi connectivity index (χ2v) is 7.93. The minimum absolute atomic E-state index is 0.395. The van der Waals surface area contributed by atoms with E-state index in [0.29, 0.717) is 22.0 Å². The van der Waals surface area contributed by atoms with Gasteiger partial charge in [-0.05, 0) is 64.8 Å². The van der Waals surface area contributed by atoms with Crippen molar-refractivity contribution >= 4 is 57.2 Å². The summed E-state index contributed by atoms with van der Waals surface area (Å²) in [6, 6.07) is 14.6. The number of carbonyl (C=O) groups is 1. The van der Waals surface area contributed by atoms with Gasteiger partial charge in [0.2, 0.25) is 0 Å². The van der Waals surface area contributed by atoms with Crippen LogP contribution in [0, 0.1) is 6.92 Å². The van der Waals surface area contributed by atoms with Crippen molar-refractivity contribution in [2.75, 3.05) is 7.11 Å². The zero-order chi connectivity index (χ0) is 19.4. The van der Waals surface area contributed by atoms with Gasteiger partial charge in [0.1, 0.15) is 5.76 Å². The normalized spacial score (nSPS) is 11.1. The minimum atomic E-state index is -0.395. The van der Waals surface area contributed by atoms with Gasteiger partial charge in [-0.15, -0.1) is 0 Å². The summed E-state index contributed by atoms with van der Waals surface area (Å²) in [5.74, 6) is 0.204. The molecule has 0 fully saturated rings. The molecule has 0 aliphatic heterocycles. The zero-order valence-corrected chi connectivity index (χ0v) is 17.7. The van der Waals surface area contributed by atoms with Gasteiger partial charge in [-0.2, -0.15) is 0 Å². The highest BCUT2D eigenvalue weighted by Crippen LogP contribution is 2.36. The molecule has 0 amide bonds. The first kappa shape index (κ1) is 19.7. The maximum absolute atomic E-state index is 11.7. The van der Waals surface area contributed by atoms with E-state index >= 15 is 0 Å². The number of hydrogen-bond donors (Lipinski definition) is 0. The van der Waals surface area contributed by atoms with E-state index in [4.69, 9.17) is 20.8 Å². The Labute approximate surface area is 174 Å². The summed E-state index contributed by atoms with van der Waals surface area (Å²) in [4.78, 5) is 17.1. The van der Waals surface area contributed by atoms with Crippen LogP contribution in [0.3, 0.4) is 0 Å². The number of esters is 1. The lowest BCUT2D eigenvalue weighted by atomic mass is 10.1. The molecule has 0 spiro atoms. The van der Waals surface area contributed by atoms with Crippen LogP contribution in [0.2, 0.25) is 5.02 Å². The largest absolute Gasteiger partial charge is 0.465 e. The second kappa shape index (κ2) is 8.78.